The first-order chi connectivity index (χ1) is 15.9. The molecule has 186 valence electrons. The highest BCUT2D eigenvalue weighted by Gasteiger charge is 2.32. The van der Waals surface area contributed by atoms with Crippen molar-refractivity contribution in [2.45, 2.75) is 46.7 Å². The van der Waals surface area contributed by atoms with Crippen LogP contribution >= 0.6 is 23.2 Å². The maximum Gasteiger partial charge on any atom is 0.244 e. The molecule has 0 aliphatic heterocycles. The molecule has 2 aromatic carbocycles. The van der Waals surface area contributed by atoms with E-state index in [0.717, 1.165) is 21.7 Å². The highest BCUT2D eigenvalue weighted by Crippen LogP contribution is 2.28. The number of aryl methyl sites for hydroxylation is 2. The Bertz CT molecular complexity index is 1130. The van der Waals surface area contributed by atoms with Gasteiger partial charge in [-0.2, -0.15) is 0 Å². The van der Waals surface area contributed by atoms with Gasteiger partial charge in [-0.05, 0) is 56.0 Å². The summed E-state index contributed by atoms with van der Waals surface area (Å²) in [5, 5.41) is 3.55. The molecule has 2 rings (SSSR count). The van der Waals surface area contributed by atoms with Crippen molar-refractivity contribution < 1.29 is 18.0 Å². The number of nitrogens with zero attached hydrogens (tertiary/aromatic N) is 2. The zero-order chi connectivity index (χ0) is 25.6. The van der Waals surface area contributed by atoms with Gasteiger partial charge in [-0.3, -0.25) is 13.9 Å². The van der Waals surface area contributed by atoms with Crippen LogP contribution in [0.15, 0.2) is 36.4 Å². The van der Waals surface area contributed by atoms with Gasteiger partial charge in [0.2, 0.25) is 21.8 Å². The van der Waals surface area contributed by atoms with Crippen LogP contribution in [0.1, 0.15) is 37.0 Å². The van der Waals surface area contributed by atoms with Crippen LogP contribution in [-0.2, 0) is 26.2 Å². The van der Waals surface area contributed by atoms with Crippen molar-refractivity contribution in [2.24, 2.45) is 0 Å². The first-order valence-electron chi connectivity index (χ1n) is 11.0. The number of amides is 2. The Kier molecular flexibility index (Phi) is 9.79. The lowest BCUT2D eigenvalue weighted by Crippen LogP contribution is -2.52. The second kappa shape index (κ2) is 11.9. The first-order valence-corrected chi connectivity index (χ1v) is 13.6. The molecule has 0 unspecified atom stereocenters. The molecule has 1 atom stereocenters. The van der Waals surface area contributed by atoms with E-state index in [2.05, 4.69) is 5.32 Å². The molecular weight excluding hydrogens is 497 g/mol. The minimum atomic E-state index is -3.80. The third-order valence-corrected chi connectivity index (χ3v) is 7.16. The predicted octanol–water partition coefficient (Wildman–Crippen LogP) is 4.32. The lowest BCUT2D eigenvalue weighted by Gasteiger charge is -2.33. The summed E-state index contributed by atoms with van der Waals surface area (Å²) in [4.78, 5) is 27.9. The average molecular weight is 529 g/mol. The van der Waals surface area contributed by atoms with Gasteiger partial charge in [0.05, 0.1) is 11.9 Å². The fourth-order valence-corrected chi connectivity index (χ4v) is 5.25. The van der Waals surface area contributed by atoms with Gasteiger partial charge in [-0.25, -0.2) is 8.42 Å². The number of carbonyl (C=O) groups excluding carboxylic acids is 2. The topological polar surface area (TPSA) is 86.8 Å². The third-order valence-electron chi connectivity index (χ3n) is 5.46. The maximum absolute atomic E-state index is 13.7. The maximum atomic E-state index is 13.7. The van der Waals surface area contributed by atoms with Crippen LogP contribution in [0.3, 0.4) is 0 Å². The molecule has 0 saturated heterocycles. The van der Waals surface area contributed by atoms with E-state index in [1.54, 1.807) is 58.0 Å². The lowest BCUT2D eigenvalue weighted by molar-refractivity contribution is -0.140. The van der Waals surface area contributed by atoms with Crippen molar-refractivity contribution in [2.75, 3.05) is 23.7 Å². The van der Waals surface area contributed by atoms with Crippen molar-refractivity contribution in [1.29, 1.82) is 0 Å². The van der Waals surface area contributed by atoms with Crippen LogP contribution in [0.4, 0.5) is 5.69 Å². The zero-order valence-electron chi connectivity index (χ0n) is 20.1. The number of para-hydroxylation sites is 1. The molecule has 7 nitrogen and oxygen atoms in total. The molecule has 34 heavy (non-hydrogen) atoms. The van der Waals surface area contributed by atoms with Gasteiger partial charge in [0.25, 0.3) is 0 Å². The smallest absolute Gasteiger partial charge is 0.244 e. The minimum absolute atomic E-state index is 0.0227. The van der Waals surface area contributed by atoms with Crippen molar-refractivity contribution in [3.05, 3.63) is 63.1 Å². The molecule has 10 heteroatoms. The van der Waals surface area contributed by atoms with E-state index >= 15 is 0 Å². The Hall–Kier alpha value is -2.29. The van der Waals surface area contributed by atoms with Gasteiger partial charge in [-0.15, -0.1) is 0 Å². The molecule has 0 fully saturated rings. The summed E-state index contributed by atoms with van der Waals surface area (Å²) >= 11 is 12.4. The SMILES string of the molecule is CCNC(=O)[C@H](CC)N(Cc1ccc(Cl)cc1Cl)C(=O)CN(c1c(C)cccc1C)S(C)(=O)=O. The van der Waals surface area contributed by atoms with E-state index in [9.17, 15) is 18.0 Å². The van der Waals surface area contributed by atoms with Crippen molar-refractivity contribution in [1.82, 2.24) is 10.2 Å². The summed E-state index contributed by atoms with van der Waals surface area (Å²) in [5.74, 6) is -0.835. The van der Waals surface area contributed by atoms with Gasteiger partial charge in [-0.1, -0.05) is 54.4 Å². The minimum Gasteiger partial charge on any atom is -0.355 e. The van der Waals surface area contributed by atoms with E-state index in [4.69, 9.17) is 23.2 Å². The summed E-state index contributed by atoms with van der Waals surface area (Å²) in [6, 6.07) is 9.51. The van der Waals surface area contributed by atoms with E-state index < -0.39 is 28.5 Å². The Morgan fingerprint density at radius 3 is 2.18 bits per heavy atom. The first kappa shape index (κ1) is 28.0. The Morgan fingerprint density at radius 1 is 1.06 bits per heavy atom. The summed E-state index contributed by atoms with van der Waals surface area (Å²) in [7, 11) is -3.80. The molecule has 0 aromatic heterocycles. The number of carbonyl (C=O) groups is 2. The van der Waals surface area contributed by atoms with Gasteiger partial charge in [0.15, 0.2) is 0 Å². The van der Waals surface area contributed by atoms with Gasteiger partial charge in [0, 0.05) is 23.1 Å². The normalized spacial score (nSPS) is 12.2. The van der Waals surface area contributed by atoms with Crippen LogP contribution in [0.5, 0.6) is 0 Å². The van der Waals surface area contributed by atoms with Crippen LogP contribution in [-0.4, -0.2) is 50.5 Å². The molecule has 0 heterocycles. The number of hydrogen-bond donors (Lipinski definition) is 1. The van der Waals surface area contributed by atoms with Crippen LogP contribution in [0.2, 0.25) is 10.0 Å². The number of sulfonamides is 1. The molecule has 0 aliphatic rings. The van der Waals surface area contributed by atoms with Crippen LogP contribution < -0.4 is 9.62 Å². The van der Waals surface area contributed by atoms with Gasteiger partial charge >= 0.3 is 0 Å². The standard InChI is InChI=1S/C24H31Cl2N3O4S/c1-6-21(24(31)27-7-2)28(14-18-11-12-19(25)13-20(18)26)22(30)15-29(34(5,32)33)23-16(3)9-8-10-17(23)4/h8-13,21H,6-7,14-15H2,1-5H3,(H,27,31)/t21-/m0/s1. The van der Waals surface area contributed by atoms with Gasteiger partial charge in [0.1, 0.15) is 12.6 Å². The van der Waals surface area contributed by atoms with Crippen molar-refractivity contribution in [3.8, 4) is 0 Å². The summed E-state index contributed by atoms with van der Waals surface area (Å²) in [5.41, 5.74) is 2.50. The fraction of sp³-hybridized carbons (Fsp3) is 0.417. The second-order valence-electron chi connectivity index (χ2n) is 8.09. The van der Waals surface area contributed by atoms with Gasteiger partial charge < -0.3 is 10.2 Å². The number of anilines is 1. The average Bonchev–Trinajstić information content (AvgIpc) is 2.73. The number of likely N-dealkylation sites (N-methyl/N-ethyl adjacent to an activating group) is 1. The van der Waals surface area contributed by atoms with E-state index in [1.807, 2.05) is 6.07 Å². The number of rotatable bonds is 10. The largest absolute Gasteiger partial charge is 0.355 e. The Morgan fingerprint density at radius 2 is 1.68 bits per heavy atom. The van der Waals surface area contributed by atoms with Crippen molar-refractivity contribution >= 4 is 50.7 Å². The predicted molar refractivity (Wildman–Crippen MR) is 138 cm³/mol. The molecule has 0 spiro atoms. The highest BCUT2D eigenvalue weighted by molar-refractivity contribution is 7.92. The Balaban J connectivity index is 2.53. The Labute approximate surface area is 212 Å². The molecule has 0 radical (unpaired) electrons. The monoisotopic (exact) mass is 527 g/mol. The zero-order valence-corrected chi connectivity index (χ0v) is 22.4. The van der Waals surface area contributed by atoms with Crippen molar-refractivity contribution in [3.63, 3.8) is 0 Å². The van der Waals surface area contributed by atoms with Crippen LogP contribution in [0, 0.1) is 13.8 Å². The summed E-state index contributed by atoms with van der Waals surface area (Å²) < 4.78 is 26.6. The molecule has 0 saturated carbocycles. The van der Waals surface area contributed by atoms with E-state index in [0.29, 0.717) is 34.3 Å². The molecule has 1 N–H and O–H groups in total. The molecular formula is C24H31Cl2N3O4S. The number of hydrogen-bond acceptors (Lipinski definition) is 4. The highest BCUT2D eigenvalue weighted by atomic mass is 35.5. The fourth-order valence-electron chi connectivity index (χ4n) is 3.82. The quantitative estimate of drug-likeness (QED) is 0.498. The number of benzene rings is 2. The number of nitrogens with one attached hydrogen (secondary N) is 1. The van der Waals surface area contributed by atoms with E-state index in [-0.39, 0.29) is 12.5 Å². The molecule has 0 aliphatic carbocycles. The summed E-state index contributed by atoms with van der Waals surface area (Å²) in [6.07, 6.45) is 1.40. The van der Waals surface area contributed by atoms with E-state index in [1.165, 1.54) is 4.90 Å². The number of halogens is 2. The molecule has 2 amide bonds. The van der Waals surface area contributed by atoms with Crippen LogP contribution in [0.25, 0.3) is 0 Å². The second-order valence-corrected chi connectivity index (χ2v) is 10.8. The third kappa shape index (κ3) is 6.87. The lowest BCUT2D eigenvalue weighted by atomic mass is 10.1. The summed E-state index contributed by atoms with van der Waals surface area (Å²) in [6.45, 7) is 7.14. The molecule has 2 aromatic rings. The molecule has 0 bridgehead atoms.